The van der Waals surface area contributed by atoms with Gasteiger partial charge in [-0.3, -0.25) is 14.9 Å². The number of Topliss-reactive ketones (excluding diaryl/α,β-unsaturated/α-hetero) is 1. The minimum atomic E-state index is -0.215. The summed E-state index contributed by atoms with van der Waals surface area (Å²) in [5.41, 5.74) is 4.00. The highest BCUT2D eigenvalue weighted by atomic mass is 33.1. The fraction of sp³-hybridized carbons (Fsp3) is 0.452. The third kappa shape index (κ3) is 7.10. The van der Waals surface area contributed by atoms with E-state index in [2.05, 4.69) is 33.2 Å². The molecule has 10 heteroatoms. The van der Waals surface area contributed by atoms with E-state index in [1.807, 2.05) is 46.5 Å². The summed E-state index contributed by atoms with van der Waals surface area (Å²) >= 11 is 0. The number of hydrogen-bond acceptors (Lipinski definition) is 9. The van der Waals surface area contributed by atoms with Crippen molar-refractivity contribution in [1.82, 2.24) is 20.2 Å². The minimum absolute atomic E-state index is 0.0194. The van der Waals surface area contributed by atoms with Gasteiger partial charge in [0.15, 0.2) is 17.3 Å². The molecule has 8 nitrogen and oxygen atoms in total. The predicted molar refractivity (Wildman–Crippen MR) is 166 cm³/mol. The summed E-state index contributed by atoms with van der Waals surface area (Å²) in [4.78, 5) is 29.7. The number of carbonyl (C=O) groups excluding carboxylic acids is 2. The molecule has 3 N–H and O–H groups in total. The summed E-state index contributed by atoms with van der Waals surface area (Å²) in [5, 5.41) is 17.8. The molecule has 5 rings (SSSR count). The molecule has 0 radical (unpaired) electrons. The summed E-state index contributed by atoms with van der Waals surface area (Å²) in [7, 11) is 5.33. The molecule has 3 atom stereocenters. The number of allylic oxidation sites excluding steroid dienone is 3. The number of benzene rings is 1. The maximum Gasteiger partial charge on any atom is 0.163 e. The maximum atomic E-state index is 12.7. The Kier molecular flexibility index (Phi) is 9.62. The first-order valence-corrected chi connectivity index (χ1v) is 16.5. The van der Waals surface area contributed by atoms with E-state index < -0.39 is 0 Å². The number of methoxy groups -OCH3 is 1. The van der Waals surface area contributed by atoms with Crippen LogP contribution in [0.2, 0.25) is 0 Å². The maximum absolute atomic E-state index is 12.7. The molecule has 1 aromatic carbocycles. The van der Waals surface area contributed by atoms with Crippen molar-refractivity contribution in [2.45, 2.75) is 62.9 Å². The number of aromatic nitrogens is 2. The van der Waals surface area contributed by atoms with Crippen molar-refractivity contribution < 1.29 is 19.4 Å². The fourth-order valence-electron chi connectivity index (χ4n) is 5.65. The Hall–Kier alpha value is -2.95. The molecular formula is C31H38N4O4S2. The lowest BCUT2D eigenvalue weighted by Crippen LogP contribution is -2.56. The van der Waals surface area contributed by atoms with Gasteiger partial charge in [-0.1, -0.05) is 47.1 Å². The van der Waals surface area contributed by atoms with E-state index >= 15 is 0 Å². The lowest BCUT2D eigenvalue weighted by Gasteiger charge is -2.45. The molecule has 3 aliphatic rings. The van der Waals surface area contributed by atoms with Gasteiger partial charge >= 0.3 is 0 Å². The Balaban J connectivity index is 1.55. The van der Waals surface area contributed by atoms with Crippen LogP contribution in [0, 0.1) is 5.92 Å². The number of dihydropyridines is 1. The molecule has 1 aromatic heterocycles. The Bertz CT molecular complexity index is 1350. The zero-order valence-corrected chi connectivity index (χ0v) is 25.2. The zero-order valence-electron chi connectivity index (χ0n) is 23.6. The number of aromatic hydroxyl groups is 1. The van der Waals surface area contributed by atoms with Gasteiger partial charge in [-0.25, -0.2) is 4.98 Å². The van der Waals surface area contributed by atoms with Crippen molar-refractivity contribution in [1.29, 1.82) is 0 Å². The van der Waals surface area contributed by atoms with Crippen LogP contribution in [0.3, 0.4) is 0 Å². The van der Waals surface area contributed by atoms with Crippen molar-refractivity contribution in [3.8, 4) is 11.5 Å². The van der Waals surface area contributed by atoms with Gasteiger partial charge in [0.2, 0.25) is 0 Å². The SMILES string of the molecule is CCC1CCC(=O)CC(=O)C=Cc2cc(OC)c(O)cc2CC2=CNC3NCCC(Cn4ccnc4)(SSC1)C3=C2. The second-order valence-electron chi connectivity index (χ2n) is 10.9. The average molecular weight is 595 g/mol. The number of nitrogens with one attached hydrogen (secondary N) is 2. The monoisotopic (exact) mass is 594 g/mol. The van der Waals surface area contributed by atoms with Gasteiger partial charge in [0.05, 0.1) is 24.6 Å². The zero-order chi connectivity index (χ0) is 28.8. The largest absolute Gasteiger partial charge is 0.504 e. The number of hydrogen-bond donors (Lipinski definition) is 3. The first-order valence-electron chi connectivity index (χ1n) is 14.2. The number of phenolic OH excluding ortho intramolecular Hbond substituents is 1. The Labute approximate surface area is 249 Å². The normalized spacial score (nSPS) is 25.7. The molecule has 4 heterocycles. The summed E-state index contributed by atoms with van der Waals surface area (Å²) in [6, 6.07) is 3.44. The van der Waals surface area contributed by atoms with Gasteiger partial charge in [0, 0.05) is 37.3 Å². The van der Waals surface area contributed by atoms with Crippen LogP contribution < -0.4 is 15.4 Å². The van der Waals surface area contributed by atoms with E-state index in [-0.39, 0.29) is 34.6 Å². The molecule has 1 saturated heterocycles. The van der Waals surface area contributed by atoms with Crippen molar-refractivity contribution >= 4 is 39.2 Å². The molecule has 0 aliphatic carbocycles. The number of phenols is 1. The van der Waals surface area contributed by atoms with E-state index in [4.69, 9.17) is 4.74 Å². The van der Waals surface area contributed by atoms with E-state index in [1.54, 1.807) is 18.2 Å². The van der Waals surface area contributed by atoms with Crippen molar-refractivity contribution in [3.63, 3.8) is 0 Å². The lowest BCUT2D eigenvalue weighted by atomic mass is 9.84. The molecule has 3 unspecified atom stereocenters. The second kappa shape index (κ2) is 13.4. The highest BCUT2D eigenvalue weighted by molar-refractivity contribution is 8.77. The van der Waals surface area contributed by atoms with E-state index in [0.29, 0.717) is 24.5 Å². The van der Waals surface area contributed by atoms with E-state index in [1.165, 1.54) is 18.8 Å². The third-order valence-corrected chi connectivity index (χ3v) is 11.4. The van der Waals surface area contributed by atoms with Crippen molar-refractivity contribution in [3.05, 3.63) is 71.5 Å². The van der Waals surface area contributed by atoms with Crippen molar-refractivity contribution in [2.24, 2.45) is 5.92 Å². The molecule has 41 heavy (non-hydrogen) atoms. The number of carbonyl (C=O) groups is 2. The number of nitrogens with zero attached hydrogens (tertiary/aromatic N) is 2. The minimum Gasteiger partial charge on any atom is -0.504 e. The predicted octanol–water partition coefficient (Wildman–Crippen LogP) is 5.05. The fourth-order valence-corrected chi connectivity index (χ4v) is 9.36. The smallest absolute Gasteiger partial charge is 0.163 e. The van der Waals surface area contributed by atoms with Crippen LogP contribution in [0.1, 0.15) is 50.2 Å². The molecular weight excluding hydrogens is 556 g/mol. The lowest BCUT2D eigenvalue weighted by molar-refractivity contribution is -0.124. The van der Waals surface area contributed by atoms with Gasteiger partial charge < -0.3 is 19.7 Å². The highest BCUT2D eigenvalue weighted by Gasteiger charge is 2.43. The summed E-state index contributed by atoms with van der Waals surface area (Å²) in [6.07, 6.45) is 16.9. The van der Waals surface area contributed by atoms with Gasteiger partial charge in [0.1, 0.15) is 11.9 Å². The van der Waals surface area contributed by atoms with E-state index in [9.17, 15) is 14.7 Å². The van der Waals surface area contributed by atoms with Gasteiger partial charge in [-0.2, -0.15) is 0 Å². The molecule has 1 fully saturated rings. The first kappa shape index (κ1) is 29.5. The molecule has 0 saturated carbocycles. The second-order valence-corrected chi connectivity index (χ2v) is 13.7. The van der Waals surface area contributed by atoms with Gasteiger partial charge in [-0.15, -0.1) is 0 Å². The number of imidazole rings is 1. The molecule has 218 valence electrons. The van der Waals surface area contributed by atoms with Crippen LogP contribution in [0.4, 0.5) is 0 Å². The highest BCUT2D eigenvalue weighted by Crippen LogP contribution is 2.49. The molecule has 2 aromatic rings. The van der Waals surface area contributed by atoms with Crippen LogP contribution in [0.15, 0.2) is 60.4 Å². The average Bonchev–Trinajstić information content (AvgIpc) is 3.47. The Morgan fingerprint density at radius 3 is 2.90 bits per heavy atom. The number of ketones is 2. The summed E-state index contributed by atoms with van der Waals surface area (Å²) in [6.45, 7) is 3.87. The molecule has 0 amide bonds. The molecule has 2 bridgehead atoms. The van der Waals surface area contributed by atoms with Gasteiger partial charge in [0.25, 0.3) is 0 Å². The number of rotatable bonds is 4. The van der Waals surface area contributed by atoms with Crippen LogP contribution in [0.25, 0.3) is 6.08 Å². The number of ether oxygens (including phenoxy) is 1. The molecule has 0 spiro atoms. The van der Waals surface area contributed by atoms with Crippen LogP contribution in [-0.4, -0.2) is 56.5 Å². The Morgan fingerprint density at radius 2 is 2.12 bits per heavy atom. The summed E-state index contributed by atoms with van der Waals surface area (Å²) in [5.74, 6) is 1.50. The van der Waals surface area contributed by atoms with Crippen molar-refractivity contribution in [2.75, 3.05) is 19.4 Å². The number of piperidine rings is 1. The summed E-state index contributed by atoms with van der Waals surface area (Å²) < 4.78 is 7.36. The topological polar surface area (TPSA) is 105 Å². The van der Waals surface area contributed by atoms with Crippen LogP contribution >= 0.6 is 21.6 Å². The van der Waals surface area contributed by atoms with Crippen LogP contribution in [-0.2, 0) is 22.6 Å². The van der Waals surface area contributed by atoms with E-state index in [0.717, 1.165) is 54.8 Å². The standard InChI is InChI=1S/C31H38N4O4S2/c1-3-21-4-6-25(36)16-26(37)7-5-23-15-29(39-2)28(38)14-24(23)12-22-13-27-30(34-17-22)33-9-8-31(27,41-40-18-21)19-35-11-10-32-20-35/h5,7,10-11,13-15,17,20-21,30,33-34,38H,3-4,6,8-9,12,16,18-19H2,1-2H3. The van der Waals surface area contributed by atoms with Crippen LogP contribution in [0.5, 0.6) is 11.5 Å². The molecule has 3 aliphatic heterocycles. The quantitative estimate of drug-likeness (QED) is 0.331. The Morgan fingerprint density at radius 1 is 1.24 bits per heavy atom. The number of fused-ring (bicyclic) bond motifs is 2. The first-order chi connectivity index (χ1) is 19.9. The van der Waals surface area contributed by atoms with Gasteiger partial charge in [-0.05, 0) is 72.2 Å². The third-order valence-electron chi connectivity index (χ3n) is 8.07.